The number of benzene rings is 1. The van der Waals surface area contributed by atoms with Crippen LogP contribution in [0.15, 0.2) is 71.0 Å². The molecule has 3 N–H and O–H groups in total. The van der Waals surface area contributed by atoms with E-state index in [1.807, 2.05) is 0 Å². The van der Waals surface area contributed by atoms with E-state index in [2.05, 4.69) is 19.8 Å². The molecule has 34 heavy (non-hydrogen) atoms. The molecule has 2 aromatic carbocycles. The van der Waals surface area contributed by atoms with Crippen molar-refractivity contribution in [1.29, 1.82) is 0 Å². The number of nitrogens with zero attached hydrogens (tertiary/aromatic N) is 4. The van der Waals surface area contributed by atoms with E-state index in [4.69, 9.17) is 5.73 Å². The van der Waals surface area contributed by atoms with Crippen molar-refractivity contribution in [1.82, 2.24) is 19.5 Å². The lowest BCUT2D eigenvalue weighted by atomic mass is 10.1. The standard InChI is InChI=1S/C24H24N6O3S/c1-26-12-20(9-25)19-8-22-23(27-13-19)6-5-18-4-3-16(7-21(18)24(22)31)15-34(32,33)29-11-17-10-28-30(2)14-17/h3-10,12-14,29H,11,15,25H2,1-2H3. The molecule has 10 heteroatoms. The highest BCUT2D eigenvalue weighted by atomic mass is 32.2. The first-order chi connectivity index (χ1) is 16.3. The maximum absolute atomic E-state index is 13.4. The summed E-state index contributed by atoms with van der Waals surface area (Å²) in [5.74, 6) is -0.254. The summed E-state index contributed by atoms with van der Waals surface area (Å²) >= 11 is 0. The molecular formula is C24H24N6O3S. The van der Waals surface area contributed by atoms with E-state index in [9.17, 15) is 13.2 Å². The normalized spacial score (nSPS) is 12.7. The summed E-state index contributed by atoms with van der Waals surface area (Å²) < 4.78 is 29.4. The number of rotatable bonds is 7. The van der Waals surface area contributed by atoms with Gasteiger partial charge in [-0.3, -0.25) is 19.5 Å². The van der Waals surface area contributed by atoms with Gasteiger partial charge in [0.2, 0.25) is 10.0 Å². The van der Waals surface area contributed by atoms with E-state index >= 15 is 0 Å². The SMILES string of the molecule is CN=CC(=CN)c1cnc2ccc3ccc(CS(=O)(=O)NCc4cnn(C)c4)cc3c(=O)c2c1. The van der Waals surface area contributed by atoms with Crippen LogP contribution in [0.25, 0.3) is 27.2 Å². The first-order valence-electron chi connectivity index (χ1n) is 10.4. The topological polar surface area (TPSA) is 132 Å². The Labute approximate surface area is 196 Å². The zero-order valence-corrected chi connectivity index (χ0v) is 19.6. The minimum atomic E-state index is -3.63. The van der Waals surface area contributed by atoms with E-state index in [1.54, 1.807) is 80.0 Å². The maximum Gasteiger partial charge on any atom is 0.216 e. The van der Waals surface area contributed by atoms with Gasteiger partial charge in [-0.1, -0.05) is 18.2 Å². The van der Waals surface area contributed by atoms with Crippen molar-refractivity contribution < 1.29 is 8.42 Å². The van der Waals surface area contributed by atoms with Gasteiger partial charge in [0.1, 0.15) is 0 Å². The van der Waals surface area contributed by atoms with Gasteiger partial charge in [0.25, 0.3) is 0 Å². The molecule has 174 valence electrons. The molecule has 0 aliphatic carbocycles. The summed E-state index contributed by atoms with van der Waals surface area (Å²) in [6, 6.07) is 10.4. The zero-order chi connectivity index (χ0) is 24.3. The molecule has 9 nitrogen and oxygen atoms in total. The second-order valence-electron chi connectivity index (χ2n) is 7.85. The van der Waals surface area contributed by atoms with Crippen molar-refractivity contribution in [2.75, 3.05) is 7.05 Å². The third kappa shape index (κ3) is 5.03. The van der Waals surface area contributed by atoms with E-state index in [0.717, 1.165) is 5.56 Å². The molecular weight excluding hydrogens is 452 g/mol. The third-order valence-corrected chi connectivity index (χ3v) is 6.64. The molecule has 2 heterocycles. The van der Waals surface area contributed by atoms with Crippen LogP contribution < -0.4 is 15.9 Å². The molecule has 4 aromatic rings. The Morgan fingerprint density at radius 3 is 2.65 bits per heavy atom. The summed E-state index contributed by atoms with van der Waals surface area (Å²) in [6.07, 6.45) is 7.98. The van der Waals surface area contributed by atoms with E-state index in [1.165, 1.54) is 6.20 Å². The predicted octanol–water partition coefficient (Wildman–Crippen LogP) is 2.10. The van der Waals surface area contributed by atoms with Crippen molar-refractivity contribution in [3.8, 4) is 0 Å². The van der Waals surface area contributed by atoms with Crippen molar-refractivity contribution in [2.45, 2.75) is 12.3 Å². The fourth-order valence-corrected chi connectivity index (χ4v) is 4.78. The van der Waals surface area contributed by atoms with Crippen LogP contribution in [0.3, 0.4) is 0 Å². The van der Waals surface area contributed by atoms with Crippen LogP contribution in [0.4, 0.5) is 0 Å². The van der Waals surface area contributed by atoms with Crippen molar-refractivity contribution in [3.63, 3.8) is 0 Å². The van der Waals surface area contributed by atoms with Crippen molar-refractivity contribution >= 4 is 43.5 Å². The Bertz CT molecular complexity index is 1610. The first-order valence-corrected chi connectivity index (χ1v) is 12.1. The van der Waals surface area contributed by atoms with Crippen LogP contribution in [0.5, 0.6) is 0 Å². The van der Waals surface area contributed by atoms with E-state index in [0.29, 0.717) is 38.4 Å². The van der Waals surface area contributed by atoms with Crippen LogP contribution in [0, 0.1) is 0 Å². The lowest BCUT2D eigenvalue weighted by Gasteiger charge is -2.06. The molecule has 0 radical (unpaired) electrons. The average molecular weight is 477 g/mol. The Balaban J connectivity index is 1.72. The minimum absolute atomic E-state index is 0.142. The van der Waals surface area contributed by atoms with E-state index < -0.39 is 10.0 Å². The van der Waals surface area contributed by atoms with Gasteiger partial charge in [0.05, 0.1) is 17.5 Å². The predicted molar refractivity (Wildman–Crippen MR) is 135 cm³/mol. The Morgan fingerprint density at radius 1 is 1.15 bits per heavy atom. The number of hydrogen-bond acceptors (Lipinski definition) is 7. The van der Waals surface area contributed by atoms with Gasteiger partial charge in [0.15, 0.2) is 5.43 Å². The summed E-state index contributed by atoms with van der Waals surface area (Å²) in [5.41, 5.74) is 8.56. The van der Waals surface area contributed by atoms with Gasteiger partial charge < -0.3 is 5.73 Å². The first kappa shape index (κ1) is 23.3. The van der Waals surface area contributed by atoms with Gasteiger partial charge in [-0.2, -0.15) is 5.10 Å². The molecule has 0 unspecified atom stereocenters. The number of aryl methyl sites for hydroxylation is 1. The van der Waals surface area contributed by atoms with Crippen LogP contribution in [-0.2, 0) is 29.4 Å². The van der Waals surface area contributed by atoms with Gasteiger partial charge in [-0.25, -0.2) is 13.1 Å². The number of sulfonamides is 1. The summed E-state index contributed by atoms with van der Waals surface area (Å²) in [4.78, 5) is 21.8. The molecule has 0 saturated carbocycles. The second kappa shape index (κ2) is 9.54. The van der Waals surface area contributed by atoms with Crippen molar-refractivity contribution in [2.24, 2.45) is 17.8 Å². The van der Waals surface area contributed by atoms with Gasteiger partial charge in [-0.15, -0.1) is 0 Å². The molecule has 0 fully saturated rings. The fourth-order valence-electron chi connectivity index (χ4n) is 3.68. The van der Waals surface area contributed by atoms with Crippen molar-refractivity contribution in [3.05, 3.63) is 88.1 Å². The summed E-state index contributed by atoms with van der Waals surface area (Å²) in [7, 11) is -0.235. The number of pyridine rings is 1. The zero-order valence-electron chi connectivity index (χ0n) is 18.8. The smallest absolute Gasteiger partial charge is 0.216 e. The van der Waals surface area contributed by atoms with Gasteiger partial charge >= 0.3 is 0 Å². The number of hydrogen-bond donors (Lipinski definition) is 2. The lowest BCUT2D eigenvalue weighted by molar-refractivity contribution is 0.580. The Morgan fingerprint density at radius 2 is 1.94 bits per heavy atom. The van der Waals surface area contributed by atoms with Crippen LogP contribution in [0.2, 0.25) is 0 Å². The molecule has 0 saturated heterocycles. The Hall–Kier alpha value is -3.89. The summed E-state index contributed by atoms with van der Waals surface area (Å²) in [5, 5.41) is 5.55. The highest BCUT2D eigenvalue weighted by Crippen LogP contribution is 2.20. The number of nitrogens with two attached hydrogens (primary N) is 1. The highest BCUT2D eigenvalue weighted by molar-refractivity contribution is 7.88. The van der Waals surface area contributed by atoms with E-state index in [-0.39, 0.29) is 17.7 Å². The molecule has 4 rings (SSSR count). The third-order valence-electron chi connectivity index (χ3n) is 5.34. The molecule has 0 spiro atoms. The number of aliphatic imine (C=N–C) groups is 1. The van der Waals surface area contributed by atoms with Gasteiger partial charge in [0, 0.05) is 72.9 Å². The molecule has 2 aromatic heterocycles. The molecule has 0 amide bonds. The number of fused-ring (bicyclic) bond motifs is 2. The molecule has 0 atom stereocenters. The number of allylic oxidation sites excluding steroid dienone is 1. The Kier molecular flexibility index (Phi) is 6.53. The molecule has 0 aliphatic heterocycles. The lowest BCUT2D eigenvalue weighted by Crippen LogP contribution is -2.24. The average Bonchev–Trinajstić information content (AvgIpc) is 3.19. The molecule has 0 aliphatic rings. The van der Waals surface area contributed by atoms with Crippen LogP contribution in [0.1, 0.15) is 16.7 Å². The number of aromatic nitrogens is 3. The fraction of sp³-hybridized carbons (Fsp3) is 0.167. The second-order valence-corrected chi connectivity index (χ2v) is 9.66. The summed E-state index contributed by atoms with van der Waals surface area (Å²) in [6.45, 7) is 0.142. The largest absolute Gasteiger partial charge is 0.404 e. The number of nitrogens with one attached hydrogen (secondary N) is 1. The van der Waals surface area contributed by atoms with Crippen LogP contribution >= 0.6 is 0 Å². The quantitative estimate of drug-likeness (QED) is 0.393. The monoisotopic (exact) mass is 476 g/mol. The minimum Gasteiger partial charge on any atom is -0.404 e. The highest BCUT2D eigenvalue weighted by Gasteiger charge is 2.14. The molecule has 0 bridgehead atoms. The van der Waals surface area contributed by atoms with Crippen LogP contribution in [-0.4, -0.2) is 36.4 Å². The maximum atomic E-state index is 13.4. The van der Waals surface area contributed by atoms with Gasteiger partial charge in [-0.05, 0) is 29.1 Å².